The number of anilines is 3. The number of nitrogens with two attached hydrogens (primary N) is 1. The average molecular weight is 466 g/mol. The number of allylic oxidation sites excluding steroid dienone is 1. The molecule has 11 heteroatoms. The zero-order chi connectivity index (χ0) is 24.3. The van der Waals surface area contributed by atoms with Crippen LogP contribution in [0.1, 0.15) is 16.7 Å². The molecule has 0 unspecified atom stereocenters. The van der Waals surface area contributed by atoms with Crippen molar-refractivity contribution in [2.45, 2.75) is 4.90 Å². The van der Waals surface area contributed by atoms with Gasteiger partial charge in [-0.1, -0.05) is 24.3 Å². The van der Waals surface area contributed by atoms with Gasteiger partial charge in [-0.2, -0.15) is 29.2 Å². The molecule has 0 aliphatic carbocycles. The number of nitrogens with zero attached hydrogens (tertiary/aromatic N) is 6. The fourth-order valence-corrected chi connectivity index (χ4v) is 4.68. The lowest BCUT2D eigenvalue weighted by Crippen LogP contribution is -2.17. The Morgan fingerprint density at radius 2 is 1.79 bits per heavy atom. The monoisotopic (exact) mass is 466 g/mol. The Hall–Kier alpha value is -5.18. The van der Waals surface area contributed by atoms with E-state index in [0.29, 0.717) is 20.5 Å². The molecule has 4 rings (SSSR count). The van der Waals surface area contributed by atoms with Crippen molar-refractivity contribution in [3.05, 3.63) is 77.4 Å². The van der Waals surface area contributed by atoms with Gasteiger partial charge in [-0.3, -0.25) is 0 Å². The van der Waals surface area contributed by atoms with Crippen LogP contribution in [0, 0.1) is 34.0 Å². The van der Waals surface area contributed by atoms with Gasteiger partial charge < -0.3 is 11.1 Å². The van der Waals surface area contributed by atoms with Crippen molar-refractivity contribution in [3.63, 3.8) is 0 Å². The largest absolute Gasteiger partial charge is 0.367 e. The first-order chi connectivity index (χ1) is 16.4. The van der Waals surface area contributed by atoms with E-state index < -0.39 is 10.0 Å². The van der Waals surface area contributed by atoms with Gasteiger partial charge in [-0.25, -0.2) is 0 Å². The summed E-state index contributed by atoms with van der Waals surface area (Å²) in [6, 6.07) is 20.1. The quantitative estimate of drug-likeness (QED) is 0.418. The summed E-state index contributed by atoms with van der Waals surface area (Å²) >= 11 is 0. The summed E-state index contributed by atoms with van der Waals surface area (Å²) in [6.45, 7) is 0. The summed E-state index contributed by atoms with van der Waals surface area (Å²) in [6.07, 6.45) is 2.95. The molecule has 0 aliphatic heterocycles. The van der Waals surface area contributed by atoms with Gasteiger partial charge in [-0.15, -0.1) is 9.19 Å². The Morgan fingerprint density at radius 1 is 1.00 bits per heavy atom. The van der Waals surface area contributed by atoms with E-state index in [9.17, 15) is 13.7 Å². The highest BCUT2D eigenvalue weighted by Gasteiger charge is 2.25. The van der Waals surface area contributed by atoms with E-state index in [0.717, 1.165) is 5.56 Å². The Labute approximate surface area is 194 Å². The van der Waals surface area contributed by atoms with Crippen molar-refractivity contribution < 1.29 is 8.42 Å². The number of fused-ring (bicyclic) bond motifs is 1. The van der Waals surface area contributed by atoms with Crippen LogP contribution in [0.2, 0.25) is 0 Å². The lowest BCUT2D eigenvalue weighted by Gasteiger charge is -2.09. The molecule has 10 nitrogen and oxygen atoms in total. The number of hydrogen-bond donors (Lipinski definition) is 2. The zero-order valence-electron chi connectivity index (χ0n) is 17.3. The van der Waals surface area contributed by atoms with E-state index in [1.807, 2.05) is 18.2 Å². The maximum Gasteiger partial charge on any atom is 0.286 e. The Bertz CT molecular complexity index is 1700. The molecule has 1 aromatic heterocycles. The molecule has 0 amide bonds. The molecule has 0 bridgehead atoms. The second kappa shape index (κ2) is 8.75. The normalized spacial score (nSPS) is 11.1. The fraction of sp³-hybridized carbons (Fsp3) is 0. The molecule has 0 saturated heterocycles. The third-order valence-electron chi connectivity index (χ3n) is 4.84. The first-order valence-corrected chi connectivity index (χ1v) is 11.1. The summed E-state index contributed by atoms with van der Waals surface area (Å²) in [4.78, 5) is 3.96. The zero-order valence-corrected chi connectivity index (χ0v) is 18.2. The van der Waals surface area contributed by atoms with Crippen LogP contribution in [-0.2, 0) is 10.0 Å². The summed E-state index contributed by atoms with van der Waals surface area (Å²) in [7, 11) is -4.21. The van der Waals surface area contributed by atoms with Crippen LogP contribution < -0.4 is 11.1 Å². The molecule has 0 spiro atoms. The van der Waals surface area contributed by atoms with Gasteiger partial charge in [-0.05, 0) is 47.4 Å². The lowest BCUT2D eigenvalue weighted by molar-refractivity contribution is 0.582. The maximum atomic E-state index is 13.4. The molecular weight excluding hydrogens is 452 g/mol. The highest BCUT2D eigenvalue weighted by molar-refractivity contribution is 7.90. The van der Waals surface area contributed by atoms with Crippen molar-refractivity contribution >= 4 is 44.5 Å². The average Bonchev–Trinajstić information content (AvgIpc) is 3.22. The van der Waals surface area contributed by atoms with Gasteiger partial charge in [0.25, 0.3) is 10.0 Å². The summed E-state index contributed by atoms with van der Waals surface area (Å²) < 4.78 is 27.4. The van der Waals surface area contributed by atoms with Crippen LogP contribution >= 0.6 is 0 Å². The number of nitriles is 3. The SMILES string of the molecule is N#C/C=C/c1ccc2c(S(=O)(=O)n3nc(Nc4ccc(C#N)c(C#N)c4)nc3N)cccc2c1. The number of nitrogen functional groups attached to an aromatic ring is 1. The molecule has 0 atom stereocenters. The molecule has 164 valence electrons. The van der Waals surface area contributed by atoms with E-state index in [1.54, 1.807) is 36.4 Å². The van der Waals surface area contributed by atoms with Crippen molar-refractivity contribution in [2.75, 3.05) is 11.1 Å². The molecule has 0 radical (unpaired) electrons. The van der Waals surface area contributed by atoms with Crippen LogP contribution in [0.4, 0.5) is 17.6 Å². The third-order valence-corrected chi connectivity index (χ3v) is 6.47. The van der Waals surface area contributed by atoms with Gasteiger partial charge in [0, 0.05) is 17.1 Å². The molecule has 1 heterocycles. The second-order valence-electron chi connectivity index (χ2n) is 6.95. The summed E-state index contributed by atoms with van der Waals surface area (Å²) in [5.41, 5.74) is 7.36. The lowest BCUT2D eigenvalue weighted by atomic mass is 10.1. The third kappa shape index (κ3) is 4.00. The number of hydrogen-bond acceptors (Lipinski definition) is 9. The van der Waals surface area contributed by atoms with Crippen LogP contribution in [-0.4, -0.2) is 22.6 Å². The molecule has 0 aliphatic rings. The van der Waals surface area contributed by atoms with Crippen molar-refractivity contribution in [2.24, 2.45) is 0 Å². The van der Waals surface area contributed by atoms with Crippen LogP contribution in [0.15, 0.2) is 65.6 Å². The van der Waals surface area contributed by atoms with E-state index >= 15 is 0 Å². The van der Waals surface area contributed by atoms with Gasteiger partial charge >= 0.3 is 0 Å². The minimum absolute atomic E-state index is 0.0193. The highest BCUT2D eigenvalue weighted by Crippen LogP contribution is 2.28. The molecular formula is C23H14N8O2S. The first-order valence-electron chi connectivity index (χ1n) is 9.65. The van der Waals surface area contributed by atoms with Crippen molar-refractivity contribution in [1.29, 1.82) is 15.8 Å². The van der Waals surface area contributed by atoms with Gasteiger partial charge in [0.05, 0.1) is 22.1 Å². The minimum atomic E-state index is -4.21. The second-order valence-corrected chi connectivity index (χ2v) is 8.69. The summed E-state index contributed by atoms with van der Waals surface area (Å²) in [5, 5.41) is 34.8. The maximum absolute atomic E-state index is 13.4. The smallest absolute Gasteiger partial charge is 0.286 e. The van der Waals surface area contributed by atoms with Crippen LogP contribution in [0.5, 0.6) is 0 Å². The summed E-state index contributed by atoms with van der Waals surface area (Å²) in [5.74, 6) is -0.457. The molecule has 3 aromatic carbocycles. The van der Waals surface area contributed by atoms with Gasteiger partial charge in [0.2, 0.25) is 11.9 Å². The topological polar surface area (TPSA) is 174 Å². The molecule has 0 fully saturated rings. The van der Waals surface area contributed by atoms with Crippen LogP contribution in [0.3, 0.4) is 0 Å². The number of aromatic nitrogens is 3. The molecule has 0 saturated carbocycles. The van der Waals surface area contributed by atoms with Gasteiger partial charge in [0.1, 0.15) is 12.1 Å². The fourth-order valence-electron chi connectivity index (χ4n) is 3.31. The van der Waals surface area contributed by atoms with E-state index in [2.05, 4.69) is 15.4 Å². The van der Waals surface area contributed by atoms with Gasteiger partial charge in [0.15, 0.2) is 0 Å². The Morgan fingerprint density at radius 3 is 2.53 bits per heavy atom. The number of rotatable bonds is 5. The van der Waals surface area contributed by atoms with E-state index in [4.69, 9.17) is 16.3 Å². The van der Waals surface area contributed by atoms with E-state index in [1.165, 1.54) is 30.3 Å². The van der Waals surface area contributed by atoms with E-state index in [-0.39, 0.29) is 27.9 Å². The standard InChI is InChI=1S/C23H14N8O2S/c24-10-2-3-15-6-9-20-16(11-15)4-1-5-21(20)34(32,33)31-22(27)29-23(30-31)28-19-8-7-17(13-25)18(12-19)14-26/h1-9,11-12H,(H3,27,28,29,30)/b3-2+. The molecule has 4 aromatic rings. The highest BCUT2D eigenvalue weighted by atomic mass is 32.2. The molecule has 34 heavy (non-hydrogen) atoms. The Kier molecular flexibility index (Phi) is 5.67. The predicted octanol–water partition coefficient (Wildman–Crippen LogP) is 3.27. The number of nitrogens with one attached hydrogen (secondary N) is 1. The van der Waals surface area contributed by atoms with Crippen LogP contribution in [0.25, 0.3) is 16.8 Å². The minimum Gasteiger partial charge on any atom is -0.367 e. The van der Waals surface area contributed by atoms with Crippen molar-refractivity contribution in [3.8, 4) is 18.2 Å². The number of benzene rings is 3. The molecule has 3 N–H and O–H groups in total. The Balaban J connectivity index is 1.73. The first kappa shape index (κ1) is 22.0. The predicted molar refractivity (Wildman–Crippen MR) is 125 cm³/mol. The van der Waals surface area contributed by atoms with Crippen molar-refractivity contribution in [1.82, 2.24) is 14.2 Å².